The summed E-state index contributed by atoms with van der Waals surface area (Å²) >= 11 is 9.04. The van der Waals surface area contributed by atoms with Gasteiger partial charge in [0, 0.05) is 17.4 Å². The summed E-state index contributed by atoms with van der Waals surface area (Å²) in [7, 11) is -1.43. The number of halogens is 3. The molecule has 0 saturated heterocycles. The summed E-state index contributed by atoms with van der Waals surface area (Å²) in [6, 6.07) is 68.0. The van der Waals surface area contributed by atoms with Crippen molar-refractivity contribution in [3.8, 4) is 0 Å². The predicted molar refractivity (Wildman–Crippen MR) is 254 cm³/mol. The maximum Gasteiger partial charge on any atom is 0 e. The Kier molecular flexibility index (Phi) is 16.3. The van der Waals surface area contributed by atoms with Crippen molar-refractivity contribution in [3.05, 3.63) is 182 Å². The molecule has 0 aliphatic heterocycles. The zero-order valence-electron chi connectivity index (χ0n) is 27.8. The Hall–Kier alpha value is -0.238. The molecule has 50 heavy (non-hydrogen) atoms. The van der Waals surface area contributed by atoms with Crippen LogP contribution in [0.3, 0.4) is 0 Å². The summed E-state index contributed by atoms with van der Waals surface area (Å²) in [5, 5.41) is 8.95. The molecule has 8 heteroatoms. The summed E-state index contributed by atoms with van der Waals surface area (Å²) in [5.41, 5.74) is 0. The fraction of sp³-hybridized carbons (Fsp3) is 0.143. The van der Waals surface area contributed by atoms with Gasteiger partial charge in [0.1, 0.15) is 0 Å². The van der Waals surface area contributed by atoms with E-state index in [2.05, 4.69) is 249 Å². The molecule has 256 valence electrons. The van der Waals surface area contributed by atoms with Gasteiger partial charge >= 0.3 is 341 Å². The number of benzene rings is 6. The molecule has 0 bridgehead atoms. The van der Waals surface area contributed by atoms with Crippen molar-refractivity contribution < 1.29 is 17.4 Å². The summed E-state index contributed by atoms with van der Waals surface area (Å²) in [5.74, 6) is 0. The van der Waals surface area contributed by atoms with Crippen molar-refractivity contribution in [2.24, 2.45) is 0 Å². The van der Waals surface area contributed by atoms with Gasteiger partial charge in [-0.05, 0) is 0 Å². The Morgan fingerprint density at radius 1 is 0.400 bits per heavy atom. The van der Waals surface area contributed by atoms with Crippen LogP contribution in [0.25, 0.3) is 0 Å². The van der Waals surface area contributed by atoms with E-state index in [0.717, 1.165) is 0 Å². The van der Waals surface area contributed by atoms with Crippen LogP contribution in [0, 0.1) is 0 Å². The second-order valence-electron chi connectivity index (χ2n) is 12.2. The molecule has 0 heterocycles. The van der Waals surface area contributed by atoms with E-state index in [4.69, 9.17) is 0 Å². The van der Waals surface area contributed by atoms with Gasteiger partial charge < -0.3 is 0 Å². The monoisotopic (exact) mass is 1100 g/mol. The molecule has 0 amide bonds. The minimum absolute atomic E-state index is 0. The molecule has 1 unspecified atom stereocenters. The first-order valence-corrected chi connectivity index (χ1v) is 30.7. The van der Waals surface area contributed by atoms with E-state index in [1.165, 1.54) is 62.6 Å². The molecule has 6 aromatic rings. The van der Waals surface area contributed by atoms with Crippen LogP contribution in [0.4, 0.5) is 0 Å². The standard InChI is InChI=1S/C42H41I3P4.Cr/c43-42(48(40-27-15-5-16-28-40)41-29-17-6-18-30-41)35-49(44,45,33-31-46(36-19-7-1-8-20-36)37-21-9-2-10-22-37)34-32-47(38-23-11-3-12-24-38)39-25-13-4-14-26-39;/h1-30,42H,31-35H2;. The molecule has 0 fully saturated rings. The maximum absolute atomic E-state index is 3.08. The molecule has 6 aromatic carbocycles. The molecule has 1 atom stereocenters. The van der Waals surface area contributed by atoms with Gasteiger partial charge in [0.05, 0.1) is 0 Å². The Bertz CT molecular complexity index is 1640. The maximum atomic E-state index is 3.08. The summed E-state index contributed by atoms with van der Waals surface area (Å²) in [4.78, 5) is 0. The minimum Gasteiger partial charge on any atom is 0 e. The predicted octanol–water partition coefficient (Wildman–Crippen LogP) is 11.4. The van der Waals surface area contributed by atoms with E-state index in [-0.39, 0.29) is 17.4 Å². The van der Waals surface area contributed by atoms with Crippen LogP contribution >= 0.6 is 92.3 Å². The minimum atomic E-state index is -2.33. The van der Waals surface area contributed by atoms with E-state index in [9.17, 15) is 0 Å². The molecule has 0 aromatic heterocycles. The summed E-state index contributed by atoms with van der Waals surface area (Å²) in [6.07, 6.45) is 6.27. The van der Waals surface area contributed by atoms with Crippen molar-refractivity contribution in [1.29, 1.82) is 0 Å². The van der Waals surface area contributed by atoms with E-state index in [1.54, 1.807) is 0 Å². The van der Waals surface area contributed by atoms with Crippen molar-refractivity contribution in [2.75, 3.05) is 30.8 Å². The molecule has 0 nitrogen and oxygen atoms in total. The van der Waals surface area contributed by atoms with Crippen molar-refractivity contribution in [1.82, 2.24) is 0 Å². The van der Waals surface area contributed by atoms with Crippen LogP contribution in [0.15, 0.2) is 182 Å². The molecular formula is C42H41CrI3P4. The van der Waals surface area contributed by atoms with Gasteiger partial charge in [-0.15, -0.1) is 0 Å². The zero-order chi connectivity index (χ0) is 34.0. The van der Waals surface area contributed by atoms with Crippen LogP contribution < -0.4 is 31.8 Å². The molecular weight excluding hydrogens is 1060 g/mol. The largest absolute Gasteiger partial charge is 0 e. The van der Waals surface area contributed by atoms with Gasteiger partial charge in [-0.1, -0.05) is 0 Å². The Balaban J connectivity index is 0.00000486. The number of rotatable bonds is 15. The normalized spacial score (nSPS) is 13.0. The molecule has 0 spiro atoms. The van der Waals surface area contributed by atoms with E-state index < -0.39 is 25.7 Å². The third-order valence-electron chi connectivity index (χ3n) is 8.78. The summed E-state index contributed by atoms with van der Waals surface area (Å²) < 4.78 is -1.80. The number of alkyl halides is 1. The van der Waals surface area contributed by atoms with Crippen molar-refractivity contribution >= 4 is 124 Å². The first-order valence-electron chi connectivity index (χ1n) is 16.6. The fourth-order valence-corrected chi connectivity index (χ4v) is 41.4. The smallest absolute Gasteiger partial charge is 0 e. The first kappa shape index (κ1) is 40.9. The van der Waals surface area contributed by atoms with Gasteiger partial charge in [-0.2, -0.15) is 0 Å². The van der Waals surface area contributed by atoms with Crippen LogP contribution in [0.2, 0.25) is 0 Å². The van der Waals surface area contributed by atoms with Gasteiger partial charge in [-0.3, -0.25) is 0 Å². The zero-order valence-corrected chi connectivity index (χ0v) is 39.1. The van der Waals surface area contributed by atoms with Gasteiger partial charge in [0.25, 0.3) is 0 Å². The van der Waals surface area contributed by atoms with E-state index in [0.29, 0.717) is 3.67 Å². The first-order chi connectivity index (χ1) is 23.9. The van der Waals surface area contributed by atoms with E-state index >= 15 is 0 Å². The van der Waals surface area contributed by atoms with Gasteiger partial charge in [0.15, 0.2) is 0 Å². The summed E-state index contributed by atoms with van der Waals surface area (Å²) in [6.45, 7) is 0. The quantitative estimate of drug-likeness (QED) is 0.0546. The third-order valence-corrected chi connectivity index (χ3v) is 31.8. The van der Waals surface area contributed by atoms with Gasteiger partial charge in [0.2, 0.25) is 0 Å². The average Bonchev–Trinajstić information content (AvgIpc) is 3.14. The number of hydrogen-bond donors (Lipinski definition) is 0. The topological polar surface area (TPSA) is 0 Å². The van der Waals surface area contributed by atoms with E-state index in [1.807, 2.05) is 0 Å². The Morgan fingerprint density at radius 3 is 0.900 bits per heavy atom. The fourth-order valence-electron chi connectivity index (χ4n) is 6.23. The molecule has 0 saturated carbocycles. The second kappa shape index (κ2) is 19.9. The SMILES string of the molecule is IC(CP(I)(I)(CCP(c1ccccc1)c1ccccc1)CCP(c1ccccc1)c1ccccc1)P(c1ccccc1)c1ccccc1.[Cr]. The molecule has 0 aliphatic rings. The molecule has 0 radical (unpaired) electrons. The molecule has 0 N–H and O–H groups in total. The van der Waals surface area contributed by atoms with Crippen LogP contribution in [0.1, 0.15) is 0 Å². The van der Waals surface area contributed by atoms with Crippen molar-refractivity contribution in [2.45, 2.75) is 3.67 Å². The van der Waals surface area contributed by atoms with Gasteiger partial charge in [-0.25, -0.2) is 0 Å². The molecule has 0 aliphatic carbocycles. The van der Waals surface area contributed by atoms with Crippen LogP contribution in [-0.4, -0.2) is 34.5 Å². The average molecular weight is 1100 g/mol. The van der Waals surface area contributed by atoms with Crippen LogP contribution in [-0.2, 0) is 17.4 Å². The Labute approximate surface area is 353 Å². The third kappa shape index (κ3) is 11.4. The second-order valence-corrected chi connectivity index (χ2v) is 46.6. The number of hydrogen-bond acceptors (Lipinski definition) is 0. The Morgan fingerprint density at radius 2 is 0.640 bits per heavy atom. The van der Waals surface area contributed by atoms with Crippen LogP contribution in [0.5, 0.6) is 0 Å². The molecule has 6 rings (SSSR count). The van der Waals surface area contributed by atoms with Crippen molar-refractivity contribution in [3.63, 3.8) is 0 Å².